The first-order valence-electron chi connectivity index (χ1n) is 10.5. The van der Waals surface area contributed by atoms with E-state index in [0.717, 1.165) is 28.3 Å². The largest absolute Gasteiger partial charge is 0.352 e. The lowest BCUT2D eigenvalue weighted by atomic mass is 10.1. The van der Waals surface area contributed by atoms with Crippen LogP contribution in [0.4, 0.5) is 10.1 Å². The van der Waals surface area contributed by atoms with Crippen LogP contribution in [0.5, 0.6) is 0 Å². The Morgan fingerprint density at radius 1 is 1.06 bits per heavy atom. The second kappa shape index (κ2) is 11.5. The highest BCUT2D eigenvalue weighted by Gasteiger charge is 2.31. The van der Waals surface area contributed by atoms with Crippen molar-refractivity contribution in [3.05, 3.63) is 64.9 Å². The predicted octanol–water partition coefficient (Wildman–Crippen LogP) is 3.58. The third kappa shape index (κ3) is 7.71. The van der Waals surface area contributed by atoms with E-state index in [4.69, 9.17) is 11.6 Å². The van der Waals surface area contributed by atoms with Gasteiger partial charge in [0.25, 0.3) is 0 Å². The smallest absolute Gasteiger partial charge is 0.244 e. The lowest BCUT2D eigenvalue weighted by molar-refractivity contribution is -0.140. The number of halogens is 2. The fraction of sp³-hybridized carbons (Fsp3) is 0.391. The fourth-order valence-corrected chi connectivity index (χ4v) is 4.28. The van der Waals surface area contributed by atoms with Crippen molar-refractivity contribution in [1.29, 1.82) is 0 Å². The van der Waals surface area contributed by atoms with E-state index in [-0.39, 0.29) is 24.2 Å². The van der Waals surface area contributed by atoms with Crippen molar-refractivity contribution >= 4 is 39.1 Å². The van der Waals surface area contributed by atoms with E-state index in [1.54, 1.807) is 31.2 Å². The van der Waals surface area contributed by atoms with Crippen molar-refractivity contribution in [2.24, 2.45) is 0 Å². The number of carbonyl (C=O) groups excluding carboxylic acids is 2. The van der Waals surface area contributed by atoms with Gasteiger partial charge in [0.05, 0.1) is 11.9 Å². The zero-order valence-electron chi connectivity index (χ0n) is 19.1. The molecule has 0 saturated heterocycles. The van der Waals surface area contributed by atoms with E-state index in [0.29, 0.717) is 11.4 Å². The molecular formula is C23H29ClFN3O4S. The number of carbonyl (C=O) groups is 2. The van der Waals surface area contributed by atoms with Gasteiger partial charge in [-0.2, -0.15) is 0 Å². The number of anilines is 1. The summed E-state index contributed by atoms with van der Waals surface area (Å²) in [6.07, 6.45) is 1.29. The molecule has 2 aromatic carbocycles. The van der Waals surface area contributed by atoms with Crippen LogP contribution in [0.3, 0.4) is 0 Å². The molecule has 0 aliphatic carbocycles. The van der Waals surface area contributed by atoms with Crippen LogP contribution >= 0.6 is 11.6 Å². The second-order valence-electron chi connectivity index (χ2n) is 7.98. The van der Waals surface area contributed by atoms with Gasteiger partial charge in [0.1, 0.15) is 18.4 Å². The molecule has 10 heteroatoms. The Hall–Kier alpha value is -2.65. The lowest BCUT2D eigenvalue weighted by Crippen LogP contribution is -2.53. The molecule has 0 aromatic heterocycles. The van der Waals surface area contributed by atoms with Crippen LogP contribution in [-0.4, -0.2) is 50.0 Å². The van der Waals surface area contributed by atoms with Crippen LogP contribution < -0.4 is 9.62 Å². The minimum atomic E-state index is -3.86. The van der Waals surface area contributed by atoms with Gasteiger partial charge >= 0.3 is 0 Å². The summed E-state index contributed by atoms with van der Waals surface area (Å²) >= 11 is 5.96. The number of hydrogen-bond acceptors (Lipinski definition) is 4. The van der Waals surface area contributed by atoms with Crippen molar-refractivity contribution < 1.29 is 22.4 Å². The Morgan fingerprint density at radius 3 is 2.12 bits per heavy atom. The van der Waals surface area contributed by atoms with Gasteiger partial charge in [-0.05, 0) is 62.2 Å². The van der Waals surface area contributed by atoms with Gasteiger partial charge in [-0.3, -0.25) is 13.9 Å². The minimum Gasteiger partial charge on any atom is -0.352 e. The van der Waals surface area contributed by atoms with E-state index < -0.39 is 34.3 Å². The van der Waals surface area contributed by atoms with Crippen LogP contribution in [0, 0.1) is 5.82 Å². The Bertz CT molecular complexity index is 1060. The molecule has 0 aliphatic heterocycles. The zero-order chi connectivity index (χ0) is 24.8. The average molecular weight is 498 g/mol. The highest BCUT2D eigenvalue weighted by molar-refractivity contribution is 7.92. The fourth-order valence-electron chi connectivity index (χ4n) is 3.31. The van der Waals surface area contributed by atoms with Gasteiger partial charge in [0, 0.05) is 17.6 Å². The van der Waals surface area contributed by atoms with E-state index in [1.807, 2.05) is 13.8 Å². The van der Waals surface area contributed by atoms with Gasteiger partial charge in [0.15, 0.2) is 0 Å². The number of nitrogens with zero attached hydrogens (tertiary/aromatic N) is 2. The molecule has 0 bridgehead atoms. The summed E-state index contributed by atoms with van der Waals surface area (Å²) in [5.74, 6) is -1.42. The molecular weight excluding hydrogens is 469 g/mol. The summed E-state index contributed by atoms with van der Waals surface area (Å²) in [6.45, 7) is 4.96. The standard InChI is InChI=1S/C23H29ClFN3O4S/c1-5-21(23(30)26-16(2)3)27(14-17-6-8-18(24)9-7-17)22(29)15-28(33(4,31)32)20-12-10-19(25)11-13-20/h6-13,16,21H,5,14-15H2,1-4H3,(H,26,30)/t21-/m1/s1. The van der Waals surface area contributed by atoms with Crippen molar-refractivity contribution in [2.75, 3.05) is 17.1 Å². The highest BCUT2D eigenvalue weighted by atomic mass is 35.5. The maximum atomic E-state index is 13.4. The monoisotopic (exact) mass is 497 g/mol. The third-order valence-corrected chi connectivity index (χ3v) is 6.27. The highest BCUT2D eigenvalue weighted by Crippen LogP contribution is 2.20. The maximum absolute atomic E-state index is 13.4. The Kier molecular flexibility index (Phi) is 9.25. The topological polar surface area (TPSA) is 86.8 Å². The molecule has 1 N–H and O–H groups in total. The quantitative estimate of drug-likeness (QED) is 0.543. The summed E-state index contributed by atoms with van der Waals surface area (Å²) in [7, 11) is -3.86. The molecule has 0 unspecified atom stereocenters. The van der Waals surface area contributed by atoms with Crippen molar-refractivity contribution in [3.63, 3.8) is 0 Å². The molecule has 0 saturated carbocycles. The second-order valence-corrected chi connectivity index (χ2v) is 10.3. The minimum absolute atomic E-state index is 0.0844. The number of hydrogen-bond donors (Lipinski definition) is 1. The number of sulfonamides is 1. The van der Waals surface area contributed by atoms with Gasteiger partial charge in [0.2, 0.25) is 21.8 Å². The number of amides is 2. The van der Waals surface area contributed by atoms with Crippen molar-refractivity contribution in [2.45, 2.75) is 45.8 Å². The molecule has 0 aliphatic rings. The Balaban J connectivity index is 2.42. The Morgan fingerprint density at radius 2 is 1.64 bits per heavy atom. The third-order valence-electron chi connectivity index (χ3n) is 4.88. The molecule has 1 atom stereocenters. The molecule has 2 amide bonds. The van der Waals surface area contributed by atoms with E-state index in [1.165, 1.54) is 17.0 Å². The first-order valence-corrected chi connectivity index (χ1v) is 12.7. The summed E-state index contributed by atoms with van der Waals surface area (Å²) < 4.78 is 39.2. The van der Waals surface area contributed by atoms with Crippen LogP contribution in [0.2, 0.25) is 5.02 Å². The number of benzene rings is 2. The lowest BCUT2D eigenvalue weighted by Gasteiger charge is -2.33. The molecule has 2 rings (SSSR count). The predicted molar refractivity (Wildman–Crippen MR) is 128 cm³/mol. The summed E-state index contributed by atoms with van der Waals surface area (Å²) in [4.78, 5) is 27.7. The van der Waals surface area contributed by atoms with Crippen LogP contribution in [0.1, 0.15) is 32.8 Å². The first-order chi connectivity index (χ1) is 15.4. The molecule has 0 fully saturated rings. The first kappa shape index (κ1) is 26.6. The molecule has 0 spiro atoms. The van der Waals surface area contributed by atoms with Crippen LogP contribution in [0.15, 0.2) is 48.5 Å². The molecule has 0 heterocycles. The van der Waals surface area contributed by atoms with E-state index >= 15 is 0 Å². The Labute approximate surface area is 199 Å². The number of nitrogens with one attached hydrogen (secondary N) is 1. The molecule has 180 valence electrons. The van der Waals surface area contributed by atoms with Crippen LogP contribution in [0.25, 0.3) is 0 Å². The van der Waals surface area contributed by atoms with E-state index in [9.17, 15) is 22.4 Å². The van der Waals surface area contributed by atoms with Gasteiger partial charge in [-0.1, -0.05) is 30.7 Å². The molecule has 2 aromatic rings. The number of rotatable bonds is 10. The summed E-state index contributed by atoms with van der Waals surface area (Å²) in [5, 5.41) is 3.35. The zero-order valence-corrected chi connectivity index (χ0v) is 20.7. The SMILES string of the molecule is CC[C@H](C(=O)NC(C)C)N(Cc1ccc(Cl)cc1)C(=O)CN(c1ccc(F)cc1)S(C)(=O)=O. The van der Waals surface area contributed by atoms with Crippen molar-refractivity contribution in [1.82, 2.24) is 10.2 Å². The molecule has 0 radical (unpaired) electrons. The van der Waals surface area contributed by atoms with Gasteiger partial charge in [-0.15, -0.1) is 0 Å². The summed E-state index contributed by atoms with van der Waals surface area (Å²) in [6, 6.07) is 10.7. The maximum Gasteiger partial charge on any atom is 0.244 e. The van der Waals surface area contributed by atoms with Gasteiger partial charge < -0.3 is 10.2 Å². The average Bonchev–Trinajstić information content (AvgIpc) is 2.72. The van der Waals surface area contributed by atoms with Gasteiger partial charge in [-0.25, -0.2) is 12.8 Å². The molecule has 7 nitrogen and oxygen atoms in total. The van der Waals surface area contributed by atoms with Crippen LogP contribution in [-0.2, 0) is 26.2 Å². The summed E-state index contributed by atoms with van der Waals surface area (Å²) in [5.41, 5.74) is 0.884. The van der Waals surface area contributed by atoms with E-state index in [2.05, 4.69) is 5.32 Å². The normalized spacial score (nSPS) is 12.3. The molecule has 33 heavy (non-hydrogen) atoms. The van der Waals surface area contributed by atoms with Crippen molar-refractivity contribution in [3.8, 4) is 0 Å².